The second-order valence-electron chi connectivity index (χ2n) is 10.5. The minimum Gasteiger partial charge on any atom is -0.353 e. The number of anilines is 1. The van der Waals surface area contributed by atoms with Crippen molar-refractivity contribution in [1.29, 1.82) is 0 Å². The van der Waals surface area contributed by atoms with E-state index >= 15 is 0 Å². The number of rotatable bonds is 6. The van der Waals surface area contributed by atoms with E-state index in [1.54, 1.807) is 17.5 Å². The van der Waals surface area contributed by atoms with Crippen molar-refractivity contribution in [2.75, 3.05) is 18.4 Å². The number of amides is 1. The maximum absolute atomic E-state index is 12.7. The maximum atomic E-state index is 12.7. The number of hydrogen-bond acceptors (Lipinski definition) is 6. The zero-order chi connectivity index (χ0) is 27.1. The molecule has 9 heteroatoms. The van der Waals surface area contributed by atoms with Crippen LogP contribution in [-0.4, -0.2) is 44.1 Å². The van der Waals surface area contributed by atoms with Gasteiger partial charge in [0.2, 0.25) is 5.91 Å². The Labute approximate surface area is 235 Å². The standard InChI is InChI=1S/C31H29N7OS/c1-18-2-5-28(40-18)31-24-15-27(36-25(24)8-11-34-31)30-23-14-20(3-4-26(23)37-38-30)21-13-22(17-33-16-21)35-29(39)12-19-6-9-32-10-7-19/h2-5,8,11,13-17,19,32,36H,6-7,9-10,12H2,1H3,(H,35,39)(H,37,38). The number of aromatic amines is 2. The van der Waals surface area contributed by atoms with Gasteiger partial charge >= 0.3 is 0 Å². The van der Waals surface area contributed by atoms with E-state index in [1.165, 1.54) is 4.88 Å². The molecule has 0 bridgehead atoms. The zero-order valence-electron chi connectivity index (χ0n) is 22.1. The van der Waals surface area contributed by atoms with E-state index in [0.29, 0.717) is 18.0 Å². The molecule has 0 saturated carbocycles. The van der Waals surface area contributed by atoms with Crippen LogP contribution in [0.5, 0.6) is 0 Å². The smallest absolute Gasteiger partial charge is 0.224 e. The molecule has 40 heavy (non-hydrogen) atoms. The number of hydrogen-bond donors (Lipinski definition) is 4. The molecular weight excluding hydrogens is 518 g/mol. The first kappa shape index (κ1) is 24.7. The number of thiophene rings is 1. The summed E-state index contributed by atoms with van der Waals surface area (Å²) < 4.78 is 0. The van der Waals surface area contributed by atoms with Gasteiger partial charge in [0.1, 0.15) is 5.69 Å². The molecule has 0 radical (unpaired) electrons. The highest BCUT2D eigenvalue weighted by molar-refractivity contribution is 7.15. The molecule has 0 unspecified atom stereocenters. The van der Waals surface area contributed by atoms with Crippen LogP contribution >= 0.6 is 11.3 Å². The van der Waals surface area contributed by atoms with Crippen LogP contribution < -0.4 is 10.6 Å². The topological polar surface area (TPSA) is 111 Å². The second-order valence-corrected chi connectivity index (χ2v) is 11.7. The van der Waals surface area contributed by atoms with Crippen molar-refractivity contribution in [1.82, 2.24) is 30.5 Å². The van der Waals surface area contributed by atoms with Crippen LogP contribution in [0.3, 0.4) is 0 Å². The molecule has 8 nitrogen and oxygen atoms in total. The number of aromatic nitrogens is 5. The number of carbonyl (C=O) groups excluding carboxylic acids is 1. The van der Waals surface area contributed by atoms with Crippen LogP contribution in [0.15, 0.2) is 67.1 Å². The number of nitrogens with one attached hydrogen (secondary N) is 4. The number of piperidine rings is 1. The number of H-pyrrole nitrogens is 2. The highest BCUT2D eigenvalue weighted by atomic mass is 32.1. The Kier molecular flexibility index (Phi) is 6.37. The third-order valence-electron chi connectivity index (χ3n) is 7.63. The first-order chi connectivity index (χ1) is 19.6. The van der Waals surface area contributed by atoms with E-state index in [4.69, 9.17) is 0 Å². The molecular formula is C31H29N7OS. The van der Waals surface area contributed by atoms with E-state index in [9.17, 15) is 4.79 Å². The molecule has 0 aliphatic carbocycles. The largest absolute Gasteiger partial charge is 0.353 e. The van der Waals surface area contributed by atoms with Crippen LogP contribution in [0.2, 0.25) is 0 Å². The number of fused-ring (bicyclic) bond motifs is 2. The van der Waals surface area contributed by atoms with Gasteiger partial charge < -0.3 is 15.6 Å². The molecule has 5 aromatic heterocycles. The van der Waals surface area contributed by atoms with Crippen LogP contribution in [0.25, 0.3) is 54.9 Å². The Morgan fingerprint density at radius 3 is 2.70 bits per heavy atom. The SMILES string of the molecule is Cc1ccc(-c2nccc3[nH]c(-c4n[nH]c5ccc(-c6cncc(NC(=O)CC7CCNCC7)c6)cc45)cc23)s1. The van der Waals surface area contributed by atoms with E-state index in [2.05, 4.69) is 67.0 Å². The van der Waals surface area contributed by atoms with Gasteiger partial charge in [-0.3, -0.25) is 19.9 Å². The first-order valence-corrected chi connectivity index (χ1v) is 14.4. The molecule has 1 saturated heterocycles. The van der Waals surface area contributed by atoms with Gasteiger partial charge in [-0.15, -0.1) is 11.3 Å². The van der Waals surface area contributed by atoms with Crippen molar-refractivity contribution in [2.45, 2.75) is 26.2 Å². The van der Waals surface area contributed by atoms with Crippen LogP contribution in [0, 0.1) is 12.8 Å². The Morgan fingerprint density at radius 1 is 0.975 bits per heavy atom. The lowest BCUT2D eigenvalue weighted by molar-refractivity contribution is -0.117. The normalized spacial score (nSPS) is 14.2. The predicted molar refractivity (Wildman–Crippen MR) is 161 cm³/mol. The Bertz CT molecular complexity index is 1840. The summed E-state index contributed by atoms with van der Waals surface area (Å²) in [5.74, 6) is 0.481. The Balaban J connectivity index is 1.19. The summed E-state index contributed by atoms with van der Waals surface area (Å²) >= 11 is 1.74. The third-order valence-corrected chi connectivity index (χ3v) is 8.64. The number of aryl methyl sites for hydroxylation is 1. The minimum absolute atomic E-state index is 0.0452. The fraction of sp³-hybridized carbons (Fsp3) is 0.226. The van der Waals surface area contributed by atoms with E-state index in [-0.39, 0.29) is 5.91 Å². The van der Waals surface area contributed by atoms with E-state index < -0.39 is 0 Å². The first-order valence-electron chi connectivity index (χ1n) is 13.6. The highest BCUT2D eigenvalue weighted by Gasteiger charge is 2.18. The van der Waals surface area contributed by atoms with Crippen molar-refractivity contribution < 1.29 is 4.79 Å². The molecule has 7 rings (SSSR count). The quantitative estimate of drug-likeness (QED) is 0.189. The van der Waals surface area contributed by atoms with Gasteiger partial charge in [0, 0.05) is 45.5 Å². The average Bonchev–Trinajstić information content (AvgIpc) is 3.71. The summed E-state index contributed by atoms with van der Waals surface area (Å²) in [5.41, 5.74) is 7.37. The summed E-state index contributed by atoms with van der Waals surface area (Å²) in [5, 5.41) is 16.3. The van der Waals surface area contributed by atoms with Crippen LogP contribution in [0.1, 0.15) is 24.1 Å². The maximum Gasteiger partial charge on any atom is 0.224 e. The summed E-state index contributed by atoms with van der Waals surface area (Å²) in [4.78, 5) is 27.7. The molecule has 1 aromatic carbocycles. The summed E-state index contributed by atoms with van der Waals surface area (Å²) in [7, 11) is 0. The monoisotopic (exact) mass is 547 g/mol. The minimum atomic E-state index is 0.0452. The Morgan fingerprint density at radius 2 is 1.85 bits per heavy atom. The van der Waals surface area contributed by atoms with Crippen molar-refractivity contribution in [2.24, 2.45) is 5.92 Å². The van der Waals surface area contributed by atoms with Gasteiger partial charge in [-0.25, -0.2) is 0 Å². The molecule has 1 aliphatic rings. The lowest BCUT2D eigenvalue weighted by Gasteiger charge is -2.21. The molecule has 200 valence electrons. The van der Waals surface area contributed by atoms with Crippen molar-refractivity contribution in [3.8, 4) is 33.1 Å². The van der Waals surface area contributed by atoms with Crippen LogP contribution in [-0.2, 0) is 4.79 Å². The lowest BCUT2D eigenvalue weighted by atomic mass is 9.94. The summed E-state index contributed by atoms with van der Waals surface area (Å²) in [6, 6.07) is 16.6. The van der Waals surface area contributed by atoms with E-state index in [1.807, 2.05) is 36.7 Å². The van der Waals surface area contributed by atoms with Crippen molar-refractivity contribution in [3.63, 3.8) is 0 Å². The predicted octanol–water partition coefficient (Wildman–Crippen LogP) is 6.53. The summed E-state index contributed by atoms with van der Waals surface area (Å²) in [6.07, 6.45) is 8.01. The average molecular weight is 548 g/mol. The number of benzene rings is 1. The fourth-order valence-corrected chi connectivity index (χ4v) is 6.44. The molecule has 1 amide bonds. The van der Waals surface area contributed by atoms with Crippen molar-refractivity contribution in [3.05, 3.63) is 72.0 Å². The number of nitrogens with zero attached hydrogens (tertiary/aromatic N) is 3. The molecule has 1 fully saturated rings. The summed E-state index contributed by atoms with van der Waals surface area (Å²) in [6.45, 7) is 4.08. The molecule has 0 atom stereocenters. The lowest BCUT2D eigenvalue weighted by Crippen LogP contribution is -2.30. The van der Waals surface area contributed by atoms with Crippen LogP contribution in [0.4, 0.5) is 5.69 Å². The van der Waals surface area contributed by atoms with E-state index in [0.717, 1.165) is 80.8 Å². The number of carbonyl (C=O) groups is 1. The molecule has 0 spiro atoms. The second kappa shape index (κ2) is 10.3. The zero-order valence-corrected chi connectivity index (χ0v) is 22.9. The molecule has 6 heterocycles. The van der Waals surface area contributed by atoms with Gasteiger partial charge in [0.05, 0.1) is 33.7 Å². The molecule has 6 aromatic rings. The van der Waals surface area contributed by atoms with Gasteiger partial charge in [-0.05, 0) is 86.8 Å². The van der Waals surface area contributed by atoms with Crippen molar-refractivity contribution >= 4 is 44.7 Å². The highest BCUT2D eigenvalue weighted by Crippen LogP contribution is 2.36. The van der Waals surface area contributed by atoms with Gasteiger partial charge in [-0.2, -0.15) is 5.10 Å². The van der Waals surface area contributed by atoms with Gasteiger partial charge in [0.25, 0.3) is 0 Å². The molecule has 1 aliphatic heterocycles. The molecule has 4 N–H and O–H groups in total. The Hall–Kier alpha value is -4.34. The third kappa shape index (κ3) is 4.78. The number of pyridine rings is 2. The fourth-order valence-electron chi connectivity index (χ4n) is 5.56. The van der Waals surface area contributed by atoms with Gasteiger partial charge in [-0.1, -0.05) is 6.07 Å². The van der Waals surface area contributed by atoms with Gasteiger partial charge in [0.15, 0.2) is 0 Å².